The molecule has 0 radical (unpaired) electrons. The molecule has 0 bridgehead atoms. The number of fused-ring (bicyclic) bond motifs is 1. The minimum atomic E-state index is -1.11. The Balaban J connectivity index is 1.56. The number of H-pyrrole nitrogens is 1. The molecule has 1 aliphatic carbocycles. The Bertz CT molecular complexity index is 1100. The van der Waals surface area contributed by atoms with Crippen LogP contribution in [0.4, 0.5) is 20.7 Å². The highest BCUT2D eigenvalue weighted by molar-refractivity contribution is 8.33. The zero-order valence-corrected chi connectivity index (χ0v) is 20.8. The van der Waals surface area contributed by atoms with E-state index in [-0.39, 0.29) is 28.6 Å². The number of rotatable bonds is 5. The van der Waals surface area contributed by atoms with Crippen LogP contribution < -0.4 is 15.4 Å². The van der Waals surface area contributed by atoms with Crippen molar-refractivity contribution in [1.82, 2.24) is 15.1 Å². The van der Waals surface area contributed by atoms with Gasteiger partial charge in [0.25, 0.3) is 0 Å². The van der Waals surface area contributed by atoms with Gasteiger partial charge in [0.1, 0.15) is 11.4 Å². The molecule has 0 unspecified atom stereocenters. The van der Waals surface area contributed by atoms with Crippen LogP contribution in [0.3, 0.4) is 0 Å². The van der Waals surface area contributed by atoms with Crippen LogP contribution in [-0.2, 0) is 16.9 Å². The zero-order valence-electron chi connectivity index (χ0n) is 20.0. The molecule has 180 valence electrons. The van der Waals surface area contributed by atoms with Crippen molar-refractivity contribution >= 4 is 33.5 Å². The number of nitrogens with one attached hydrogen (secondary N) is 3. The first-order chi connectivity index (χ1) is 15.4. The molecule has 1 saturated carbocycles. The number of aromatic amines is 1. The van der Waals surface area contributed by atoms with Crippen molar-refractivity contribution in [1.29, 1.82) is 0 Å². The maximum Gasteiger partial charge on any atom is 0.323 e. The molecule has 1 aromatic carbocycles. The average Bonchev–Trinajstić information content (AvgIpc) is 3.19. The van der Waals surface area contributed by atoms with E-state index in [1.807, 2.05) is 13.8 Å². The molecule has 2 aromatic rings. The topological polar surface area (TPSA) is 99.3 Å². The van der Waals surface area contributed by atoms with Gasteiger partial charge in [-0.3, -0.25) is 9.89 Å². The van der Waals surface area contributed by atoms with Crippen LogP contribution in [0.5, 0.6) is 5.75 Å². The first kappa shape index (κ1) is 23.4. The third kappa shape index (κ3) is 3.64. The number of anilines is 2. The maximum absolute atomic E-state index is 14.4. The molecule has 1 fully saturated rings. The van der Waals surface area contributed by atoms with Crippen LogP contribution in [0, 0.1) is 5.82 Å². The van der Waals surface area contributed by atoms with Crippen LogP contribution in [-0.4, -0.2) is 57.7 Å². The van der Waals surface area contributed by atoms with Crippen LogP contribution in [0.1, 0.15) is 44.4 Å². The highest BCUT2D eigenvalue weighted by atomic mass is 32.3. The summed E-state index contributed by atoms with van der Waals surface area (Å²) in [7, 11) is 0.312. The summed E-state index contributed by atoms with van der Waals surface area (Å²) in [5.74, 6) is 0.117. The Labute approximate surface area is 195 Å². The number of carbonyl (C=O) groups is 2. The van der Waals surface area contributed by atoms with E-state index in [9.17, 15) is 14.0 Å². The van der Waals surface area contributed by atoms with Gasteiger partial charge in [-0.1, -0.05) is 6.07 Å². The molecule has 8 nitrogen and oxygen atoms in total. The summed E-state index contributed by atoms with van der Waals surface area (Å²) in [6, 6.07) is 3.89. The summed E-state index contributed by atoms with van der Waals surface area (Å²) < 4.78 is 19.2. The quantitative estimate of drug-likeness (QED) is 0.595. The number of ether oxygens (including phenoxy) is 1. The van der Waals surface area contributed by atoms with E-state index in [1.54, 1.807) is 11.0 Å². The highest BCUT2D eigenvalue weighted by Crippen LogP contribution is 2.60. The van der Waals surface area contributed by atoms with Crippen molar-refractivity contribution < 1.29 is 18.7 Å². The number of halogens is 1. The molecule has 33 heavy (non-hydrogen) atoms. The monoisotopic (exact) mass is 477 g/mol. The van der Waals surface area contributed by atoms with E-state index in [1.165, 1.54) is 19.2 Å². The number of hydrogen-bond acceptors (Lipinski definition) is 4. The van der Waals surface area contributed by atoms with E-state index in [4.69, 9.17) is 4.74 Å². The predicted molar refractivity (Wildman–Crippen MR) is 130 cm³/mol. The van der Waals surface area contributed by atoms with E-state index in [0.717, 1.165) is 30.5 Å². The number of hydrogen-bond donors (Lipinski definition) is 3. The number of carbonyl (C=O) groups excluding carboxylic acids is 2. The Morgan fingerprint density at radius 3 is 2.48 bits per heavy atom. The molecule has 1 aromatic heterocycles. The lowest BCUT2D eigenvalue weighted by atomic mass is 9.83. The summed E-state index contributed by atoms with van der Waals surface area (Å²) in [5, 5.41) is 13.1. The van der Waals surface area contributed by atoms with Crippen molar-refractivity contribution in [3.63, 3.8) is 0 Å². The molecule has 4 rings (SSSR count). The molecular weight excluding hydrogens is 445 g/mol. The minimum absolute atomic E-state index is 0.00218. The zero-order chi connectivity index (χ0) is 24.2. The molecule has 0 atom stereocenters. The summed E-state index contributed by atoms with van der Waals surface area (Å²) in [5.41, 5.74) is 0.766. The molecule has 10 heteroatoms. The number of urea groups is 1. The number of methoxy groups -OCH3 is 1. The van der Waals surface area contributed by atoms with Crippen LogP contribution in [0.2, 0.25) is 0 Å². The van der Waals surface area contributed by atoms with Gasteiger partial charge in [-0.15, -0.1) is 0 Å². The van der Waals surface area contributed by atoms with Crippen LogP contribution in [0.25, 0.3) is 0 Å². The summed E-state index contributed by atoms with van der Waals surface area (Å²) in [4.78, 5) is 28.1. The number of aromatic nitrogens is 2. The predicted octanol–water partition coefficient (Wildman–Crippen LogP) is 4.40. The molecule has 2 heterocycles. The molecule has 0 spiro atoms. The second-order valence-corrected chi connectivity index (χ2v) is 14.4. The molecular formula is C23H32FN5O3S. The smallest absolute Gasteiger partial charge is 0.323 e. The van der Waals surface area contributed by atoms with Gasteiger partial charge < -0.3 is 20.3 Å². The number of benzene rings is 1. The van der Waals surface area contributed by atoms with E-state index < -0.39 is 27.4 Å². The van der Waals surface area contributed by atoms with Crippen molar-refractivity contribution in [2.45, 2.75) is 49.9 Å². The number of para-hydroxylation sites is 1. The fourth-order valence-electron chi connectivity index (χ4n) is 4.75. The van der Waals surface area contributed by atoms with E-state index >= 15 is 0 Å². The van der Waals surface area contributed by atoms with E-state index in [0.29, 0.717) is 5.82 Å². The average molecular weight is 478 g/mol. The summed E-state index contributed by atoms with van der Waals surface area (Å²) in [6.07, 6.45) is 9.34. The van der Waals surface area contributed by atoms with Gasteiger partial charge in [-0.25, -0.2) is 19.2 Å². The van der Waals surface area contributed by atoms with Crippen LogP contribution >= 0.6 is 10.0 Å². The first-order valence-corrected chi connectivity index (χ1v) is 13.8. The van der Waals surface area contributed by atoms with Gasteiger partial charge >= 0.3 is 6.03 Å². The third-order valence-electron chi connectivity index (χ3n) is 7.12. The summed E-state index contributed by atoms with van der Waals surface area (Å²) in [6.45, 7) is 3.99. The van der Waals surface area contributed by atoms with Crippen molar-refractivity contribution in [3.8, 4) is 5.75 Å². The number of amides is 3. The Hall–Kier alpha value is -2.75. The minimum Gasteiger partial charge on any atom is -0.494 e. The fourth-order valence-corrected chi connectivity index (χ4v) is 6.87. The Kier molecular flexibility index (Phi) is 5.63. The second kappa shape index (κ2) is 7.93. The second-order valence-electron chi connectivity index (χ2n) is 9.96. The lowest BCUT2D eigenvalue weighted by Gasteiger charge is -2.53. The van der Waals surface area contributed by atoms with Gasteiger partial charge in [0.15, 0.2) is 11.6 Å². The van der Waals surface area contributed by atoms with Gasteiger partial charge in [0, 0.05) is 5.56 Å². The SMILES string of the molecule is COc1cccc(F)c1NC(=O)N1Cc2c(NC(=O)C3(S(C)(C)C)CCC3)n[nH]c2C1(C)C. The molecule has 1 aliphatic heterocycles. The molecule has 0 saturated heterocycles. The lowest BCUT2D eigenvalue weighted by molar-refractivity contribution is -0.120. The highest BCUT2D eigenvalue weighted by Gasteiger charge is 2.51. The molecule has 2 aliphatic rings. The van der Waals surface area contributed by atoms with Crippen molar-refractivity contribution in [3.05, 3.63) is 35.3 Å². The van der Waals surface area contributed by atoms with Crippen LogP contribution in [0.15, 0.2) is 18.2 Å². The third-order valence-corrected chi connectivity index (χ3v) is 10.1. The maximum atomic E-state index is 14.4. The van der Waals surface area contributed by atoms with Gasteiger partial charge in [0.2, 0.25) is 5.91 Å². The first-order valence-electron chi connectivity index (χ1n) is 10.9. The standard InChI is InChI=1S/C23H32FN5O3S/c1-22(2)18-14(13-29(22)21(31)25-17-15(24)9-7-10-16(17)32-3)19(28-27-18)26-20(30)23(11-8-12-23)33(4,5)6/h7,9-10H,8,11-13H2,1-6H3,(H,25,31)(H2,26,27,28,30). The Morgan fingerprint density at radius 1 is 1.21 bits per heavy atom. The lowest BCUT2D eigenvalue weighted by Crippen LogP contribution is -2.51. The van der Waals surface area contributed by atoms with Crippen molar-refractivity contribution in [2.75, 3.05) is 36.5 Å². The van der Waals surface area contributed by atoms with Crippen molar-refractivity contribution in [2.24, 2.45) is 0 Å². The normalized spacial score (nSPS) is 18.8. The molecule has 3 N–H and O–H groups in total. The van der Waals surface area contributed by atoms with E-state index in [2.05, 4.69) is 39.6 Å². The number of nitrogens with zero attached hydrogens (tertiary/aromatic N) is 2. The Morgan fingerprint density at radius 2 is 1.91 bits per heavy atom. The van der Waals surface area contributed by atoms with Gasteiger partial charge in [0.05, 0.1) is 29.6 Å². The van der Waals surface area contributed by atoms with Gasteiger partial charge in [-0.05, 0) is 64.0 Å². The fraction of sp³-hybridized carbons (Fsp3) is 0.522. The summed E-state index contributed by atoms with van der Waals surface area (Å²) >= 11 is 0. The van der Waals surface area contributed by atoms with Gasteiger partial charge in [-0.2, -0.15) is 5.10 Å². The largest absolute Gasteiger partial charge is 0.494 e. The molecule has 3 amide bonds.